The maximum absolute atomic E-state index is 12.1. The van der Waals surface area contributed by atoms with Gasteiger partial charge in [-0.1, -0.05) is 19.9 Å². The van der Waals surface area contributed by atoms with Crippen molar-refractivity contribution in [3.63, 3.8) is 0 Å². The van der Waals surface area contributed by atoms with Crippen LogP contribution in [0.3, 0.4) is 0 Å². The topological polar surface area (TPSA) is 86.7 Å². The number of carboxylic acids is 1. The first-order valence-electron chi connectivity index (χ1n) is 8.38. The van der Waals surface area contributed by atoms with Gasteiger partial charge in [-0.3, -0.25) is 9.59 Å². The van der Waals surface area contributed by atoms with Crippen molar-refractivity contribution < 1.29 is 19.5 Å². The molecule has 0 bridgehead atoms. The number of carbonyl (C=O) groups excluding carboxylic acids is 2. The van der Waals surface area contributed by atoms with Gasteiger partial charge in [0.1, 0.15) is 0 Å². The van der Waals surface area contributed by atoms with Gasteiger partial charge in [0, 0.05) is 31.6 Å². The SMILES string of the molecule is CCCN(CCC)C(=O)CCCC(=O)Nc1cccc(C(=O)O)c1. The van der Waals surface area contributed by atoms with Crippen molar-refractivity contribution in [1.82, 2.24) is 4.90 Å². The molecule has 0 aliphatic rings. The Balaban J connectivity index is 2.42. The minimum atomic E-state index is -1.04. The summed E-state index contributed by atoms with van der Waals surface area (Å²) in [6.45, 7) is 5.57. The normalized spacial score (nSPS) is 10.2. The molecule has 0 aliphatic heterocycles. The van der Waals surface area contributed by atoms with Crippen molar-refractivity contribution in [1.29, 1.82) is 0 Å². The van der Waals surface area contributed by atoms with Crippen LogP contribution in [0.4, 0.5) is 5.69 Å². The summed E-state index contributed by atoms with van der Waals surface area (Å²) in [7, 11) is 0. The van der Waals surface area contributed by atoms with Crippen LogP contribution in [0, 0.1) is 0 Å². The number of carbonyl (C=O) groups is 3. The Morgan fingerprint density at radius 1 is 1.08 bits per heavy atom. The van der Waals surface area contributed by atoms with Gasteiger partial charge in [0.15, 0.2) is 0 Å². The lowest BCUT2D eigenvalue weighted by atomic mass is 10.1. The molecule has 0 aromatic heterocycles. The molecule has 1 aromatic carbocycles. The van der Waals surface area contributed by atoms with Crippen molar-refractivity contribution in [2.24, 2.45) is 0 Å². The lowest BCUT2D eigenvalue weighted by Gasteiger charge is -2.21. The molecule has 2 amide bonds. The third-order valence-corrected chi connectivity index (χ3v) is 3.53. The second-order valence-corrected chi connectivity index (χ2v) is 5.67. The van der Waals surface area contributed by atoms with Crippen molar-refractivity contribution in [3.05, 3.63) is 29.8 Å². The molecule has 1 rings (SSSR count). The highest BCUT2D eigenvalue weighted by Gasteiger charge is 2.12. The maximum Gasteiger partial charge on any atom is 0.335 e. The van der Waals surface area contributed by atoms with Crippen LogP contribution in [0.1, 0.15) is 56.3 Å². The quantitative estimate of drug-likeness (QED) is 0.688. The highest BCUT2D eigenvalue weighted by atomic mass is 16.4. The summed E-state index contributed by atoms with van der Waals surface area (Å²) >= 11 is 0. The van der Waals surface area contributed by atoms with Gasteiger partial charge in [-0.25, -0.2) is 4.79 Å². The highest BCUT2D eigenvalue weighted by Crippen LogP contribution is 2.12. The lowest BCUT2D eigenvalue weighted by molar-refractivity contribution is -0.131. The zero-order chi connectivity index (χ0) is 17.9. The van der Waals surface area contributed by atoms with Crippen LogP contribution in [-0.4, -0.2) is 40.9 Å². The number of carboxylic acid groups (broad SMARTS) is 1. The molecular formula is C18H26N2O4. The largest absolute Gasteiger partial charge is 0.478 e. The van der Waals surface area contributed by atoms with E-state index in [1.807, 2.05) is 18.7 Å². The lowest BCUT2D eigenvalue weighted by Crippen LogP contribution is -2.32. The van der Waals surface area contributed by atoms with Crippen LogP contribution in [0.2, 0.25) is 0 Å². The van der Waals surface area contributed by atoms with Crippen LogP contribution in [0.5, 0.6) is 0 Å². The number of anilines is 1. The molecule has 6 nitrogen and oxygen atoms in total. The first-order valence-corrected chi connectivity index (χ1v) is 8.38. The second kappa shape index (κ2) is 10.4. The van der Waals surface area contributed by atoms with E-state index in [-0.39, 0.29) is 23.8 Å². The average Bonchev–Trinajstić information content (AvgIpc) is 2.54. The first kappa shape index (κ1) is 19.7. The van der Waals surface area contributed by atoms with Gasteiger partial charge in [-0.15, -0.1) is 0 Å². The van der Waals surface area contributed by atoms with Gasteiger partial charge in [0.25, 0.3) is 0 Å². The van der Waals surface area contributed by atoms with Gasteiger partial charge < -0.3 is 15.3 Å². The third-order valence-electron chi connectivity index (χ3n) is 3.53. The standard InChI is InChI=1S/C18H26N2O4/c1-3-11-20(12-4-2)17(22)10-6-9-16(21)19-15-8-5-7-14(13-15)18(23)24/h5,7-8,13H,3-4,6,9-12H2,1-2H3,(H,19,21)(H,23,24). The maximum atomic E-state index is 12.1. The molecular weight excluding hydrogens is 308 g/mol. The van der Waals surface area contributed by atoms with E-state index in [1.165, 1.54) is 12.1 Å². The summed E-state index contributed by atoms with van der Waals surface area (Å²) in [5.74, 6) is -1.18. The molecule has 0 heterocycles. The molecule has 24 heavy (non-hydrogen) atoms. The minimum absolute atomic E-state index is 0.0828. The molecule has 1 aromatic rings. The summed E-state index contributed by atoms with van der Waals surface area (Å²) in [6.07, 6.45) is 2.91. The van der Waals surface area contributed by atoms with Crippen molar-refractivity contribution in [3.8, 4) is 0 Å². The monoisotopic (exact) mass is 334 g/mol. The summed E-state index contributed by atoms with van der Waals surface area (Å²) < 4.78 is 0. The molecule has 0 saturated carbocycles. The predicted octanol–water partition coefficient (Wildman–Crippen LogP) is 3.14. The Bertz CT molecular complexity index is 566. The predicted molar refractivity (Wildman–Crippen MR) is 93.0 cm³/mol. The average molecular weight is 334 g/mol. The van der Waals surface area contributed by atoms with Crippen LogP contribution < -0.4 is 5.32 Å². The molecule has 0 radical (unpaired) electrons. The zero-order valence-corrected chi connectivity index (χ0v) is 14.4. The van der Waals surface area contributed by atoms with Crippen LogP contribution in [-0.2, 0) is 9.59 Å². The molecule has 0 spiro atoms. The highest BCUT2D eigenvalue weighted by molar-refractivity contribution is 5.94. The Hall–Kier alpha value is -2.37. The Kier molecular flexibility index (Phi) is 8.54. The Morgan fingerprint density at radius 2 is 1.75 bits per heavy atom. The fourth-order valence-corrected chi connectivity index (χ4v) is 2.41. The van der Waals surface area contributed by atoms with E-state index >= 15 is 0 Å². The number of hydrogen-bond acceptors (Lipinski definition) is 3. The second-order valence-electron chi connectivity index (χ2n) is 5.67. The fraction of sp³-hybridized carbons (Fsp3) is 0.500. The first-order chi connectivity index (χ1) is 11.5. The van der Waals surface area contributed by atoms with Gasteiger partial charge >= 0.3 is 5.97 Å². The van der Waals surface area contributed by atoms with E-state index in [9.17, 15) is 14.4 Å². The van der Waals surface area contributed by atoms with Gasteiger partial charge in [-0.05, 0) is 37.5 Å². The van der Waals surface area contributed by atoms with Crippen molar-refractivity contribution in [2.45, 2.75) is 46.0 Å². The number of hydrogen-bond donors (Lipinski definition) is 2. The van der Waals surface area contributed by atoms with Gasteiger partial charge in [-0.2, -0.15) is 0 Å². The third kappa shape index (κ3) is 6.81. The molecule has 0 atom stereocenters. The number of rotatable bonds is 10. The molecule has 0 fully saturated rings. The summed E-state index contributed by atoms with van der Waals surface area (Å²) in [5.41, 5.74) is 0.572. The van der Waals surface area contributed by atoms with E-state index < -0.39 is 5.97 Å². The van der Waals surface area contributed by atoms with Crippen LogP contribution in [0.15, 0.2) is 24.3 Å². The minimum Gasteiger partial charge on any atom is -0.478 e. The van der Waals surface area contributed by atoms with Gasteiger partial charge in [0.2, 0.25) is 11.8 Å². The molecule has 132 valence electrons. The number of amides is 2. The molecule has 6 heteroatoms. The Morgan fingerprint density at radius 3 is 2.33 bits per heavy atom. The van der Waals surface area contributed by atoms with E-state index in [2.05, 4.69) is 5.32 Å². The number of aromatic carboxylic acids is 1. The van der Waals surface area contributed by atoms with E-state index in [0.717, 1.165) is 25.9 Å². The Labute approximate surface area is 142 Å². The van der Waals surface area contributed by atoms with Crippen LogP contribution in [0.25, 0.3) is 0 Å². The smallest absolute Gasteiger partial charge is 0.335 e. The van der Waals surface area contributed by atoms with E-state index in [0.29, 0.717) is 18.5 Å². The molecule has 0 saturated heterocycles. The van der Waals surface area contributed by atoms with Crippen molar-refractivity contribution in [2.75, 3.05) is 18.4 Å². The van der Waals surface area contributed by atoms with Gasteiger partial charge in [0.05, 0.1) is 5.56 Å². The van der Waals surface area contributed by atoms with E-state index in [4.69, 9.17) is 5.11 Å². The number of benzene rings is 1. The summed E-state index contributed by atoms with van der Waals surface area (Å²) in [5, 5.41) is 11.6. The fourth-order valence-electron chi connectivity index (χ4n) is 2.41. The number of nitrogens with one attached hydrogen (secondary N) is 1. The molecule has 0 aliphatic carbocycles. The summed E-state index contributed by atoms with van der Waals surface area (Å²) in [6, 6.07) is 6.10. The van der Waals surface area contributed by atoms with Crippen molar-refractivity contribution >= 4 is 23.5 Å². The molecule has 2 N–H and O–H groups in total. The van der Waals surface area contributed by atoms with E-state index in [1.54, 1.807) is 12.1 Å². The summed E-state index contributed by atoms with van der Waals surface area (Å²) in [4.78, 5) is 36.8. The molecule has 0 unspecified atom stereocenters. The van der Waals surface area contributed by atoms with Crippen LogP contribution >= 0.6 is 0 Å². The number of nitrogens with zero attached hydrogens (tertiary/aromatic N) is 1. The zero-order valence-electron chi connectivity index (χ0n) is 14.4.